The molecular formula is C22H25N3O4. The Bertz CT molecular complexity index is 934. The summed E-state index contributed by atoms with van der Waals surface area (Å²) in [5.74, 6) is -0.225. The first-order chi connectivity index (χ1) is 13.7. The average Bonchev–Trinajstić information content (AvgIpc) is 3.06. The lowest BCUT2D eigenvalue weighted by molar-refractivity contribution is -0.117. The van der Waals surface area contributed by atoms with Gasteiger partial charge in [-0.2, -0.15) is 0 Å². The first-order valence-corrected chi connectivity index (χ1v) is 9.53. The Morgan fingerprint density at radius 3 is 2.34 bits per heavy atom. The van der Waals surface area contributed by atoms with Crippen molar-refractivity contribution in [2.45, 2.75) is 39.2 Å². The lowest BCUT2D eigenvalue weighted by Crippen LogP contribution is -2.27. The largest absolute Gasteiger partial charge is 0.444 e. The Kier molecular flexibility index (Phi) is 5.87. The van der Waals surface area contributed by atoms with Gasteiger partial charge in [0, 0.05) is 35.6 Å². The minimum Gasteiger partial charge on any atom is -0.444 e. The number of carbonyl (C=O) groups excluding carboxylic acids is 3. The summed E-state index contributed by atoms with van der Waals surface area (Å²) in [5.41, 5.74) is 1.61. The number of rotatable bonds is 4. The second kappa shape index (κ2) is 8.34. The number of ether oxygens (including phenoxy) is 1. The van der Waals surface area contributed by atoms with E-state index in [-0.39, 0.29) is 11.8 Å². The van der Waals surface area contributed by atoms with Crippen molar-refractivity contribution in [3.05, 3.63) is 54.1 Å². The minimum absolute atomic E-state index is 0.0920. The molecule has 0 atom stereocenters. The molecule has 7 nitrogen and oxygen atoms in total. The van der Waals surface area contributed by atoms with Crippen molar-refractivity contribution in [2.24, 2.45) is 0 Å². The zero-order chi connectivity index (χ0) is 21.0. The van der Waals surface area contributed by atoms with Gasteiger partial charge >= 0.3 is 6.09 Å². The van der Waals surface area contributed by atoms with Crippen LogP contribution in [0.5, 0.6) is 0 Å². The maximum Gasteiger partial charge on any atom is 0.412 e. The third-order valence-corrected chi connectivity index (χ3v) is 4.26. The fourth-order valence-corrected chi connectivity index (χ4v) is 3.04. The normalized spacial score (nSPS) is 13.9. The van der Waals surface area contributed by atoms with Gasteiger partial charge in [0.15, 0.2) is 0 Å². The van der Waals surface area contributed by atoms with Crippen LogP contribution in [0.4, 0.5) is 21.9 Å². The van der Waals surface area contributed by atoms with E-state index in [2.05, 4.69) is 10.6 Å². The first kappa shape index (κ1) is 20.4. The zero-order valence-electron chi connectivity index (χ0n) is 16.8. The SMILES string of the molecule is CC(C)(C)OC(=O)Nc1cccc(C(=O)Nc2cccc(N3CCCC3=O)c2)c1. The maximum absolute atomic E-state index is 12.6. The predicted molar refractivity (Wildman–Crippen MR) is 112 cm³/mol. The number of nitrogens with one attached hydrogen (secondary N) is 2. The minimum atomic E-state index is -0.610. The second-order valence-corrected chi connectivity index (χ2v) is 7.86. The van der Waals surface area contributed by atoms with Crippen LogP contribution in [0.2, 0.25) is 0 Å². The monoisotopic (exact) mass is 395 g/mol. The van der Waals surface area contributed by atoms with Gasteiger partial charge in [-0.25, -0.2) is 4.79 Å². The topological polar surface area (TPSA) is 87.7 Å². The van der Waals surface area contributed by atoms with Crippen LogP contribution in [0, 0.1) is 0 Å². The summed E-state index contributed by atoms with van der Waals surface area (Å²) < 4.78 is 5.23. The van der Waals surface area contributed by atoms with Crippen molar-refractivity contribution in [3.63, 3.8) is 0 Å². The van der Waals surface area contributed by atoms with E-state index in [0.29, 0.717) is 29.9 Å². The molecular weight excluding hydrogens is 370 g/mol. The summed E-state index contributed by atoms with van der Waals surface area (Å²) in [4.78, 5) is 38.2. The third-order valence-electron chi connectivity index (χ3n) is 4.26. The molecule has 3 rings (SSSR count). The van der Waals surface area contributed by atoms with E-state index in [0.717, 1.165) is 12.1 Å². The number of hydrogen-bond donors (Lipinski definition) is 2. The van der Waals surface area contributed by atoms with Crippen molar-refractivity contribution >= 4 is 35.0 Å². The maximum atomic E-state index is 12.6. The molecule has 7 heteroatoms. The third kappa shape index (κ3) is 5.57. The molecule has 0 spiro atoms. The van der Waals surface area contributed by atoms with Gasteiger partial charge in [-0.1, -0.05) is 12.1 Å². The highest BCUT2D eigenvalue weighted by molar-refractivity contribution is 6.05. The summed E-state index contributed by atoms with van der Waals surface area (Å²) >= 11 is 0. The Morgan fingerprint density at radius 1 is 1.00 bits per heavy atom. The number of benzene rings is 2. The highest BCUT2D eigenvalue weighted by atomic mass is 16.6. The van der Waals surface area contributed by atoms with Gasteiger partial charge in [-0.15, -0.1) is 0 Å². The van der Waals surface area contributed by atoms with Crippen molar-refractivity contribution < 1.29 is 19.1 Å². The fourth-order valence-electron chi connectivity index (χ4n) is 3.04. The first-order valence-electron chi connectivity index (χ1n) is 9.53. The molecule has 0 radical (unpaired) electrons. The highest BCUT2D eigenvalue weighted by Gasteiger charge is 2.22. The average molecular weight is 395 g/mol. The molecule has 2 aromatic carbocycles. The number of amides is 3. The van der Waals surface area contributed by atoms with Crippen molar-refractivity contribution in [1.29, 1.82) is 0 Å². The van der Waals surface area contributed by atoms with Crippen LogP contribution in [0.15, 0.2) is 48.5 Å². The lowest BCUT2D eigenvalue weighted by Gasteiger charge is -2.19. The van der Waals surface area contributed by atoms with Crippen LogP contribution in [-0.2, 0) is 9.53 Å². The smallest absolute Gasteiger partial charge is 0.412 e. The molecule has 1 aliphatic rings. The molecule has 152 valence electrons. The molecule has 29 heavy (non-hydrogen) atoms. The molecule has 1 heterocycles. The van der Waals surface area contributed by atoms with E-state index < -0.39 is 11.7 Å². The van der Waals surface area contributed by atoms with Gasteiger partial charge in [-0.05, 0) is 63.6 Å². The molecule has 1 aliphatic heterocycles. The molecule has 0 unspecified atom stereocenters. The van der Waals surface area contributed by atoms with E-state index in [1.54, 1.807) is 68.1 Å². The Balaban J connectivity index is 1.68. The standard InChI is InChI=1S/C22H25N3O4/c1-22(2,3)29-21(28)24-16-8-4-7-15(13-16)20(27)23-17-9-5-10-18(14-17)25-12-6-11-19(25)26/h4-5,7-10,13-14H,6,11-12H2,1-3H3,(H,23,27)(H,24,28). The fraction of sp³-hybridized carbons (Fsp3) is 0.318. The van der Waals surface area contributed by atoms with Crippen LogP contribution in [0.1, 0.15) is 44.0 Å². The summed E-state index contributed by atoms with van der Waals surface area (Å²) in [6, 6.07) is 13.8. The highest BCUT2D eigenvalue weighted by Crippen LogP contribution is 2.24. The quantitative estimate of drug-likeness (QED) is 0.803. The van der Waals surface area contributed by atoms with E-state index in [1.165, 1.54) is 0 Å². The number of nitrogens with zero attached hydrogens (tertiary/aromatic N) is 1. The molecule has 2 N–H and O–H groups in total. The number of hydrogen-bond acceptors (Lipinski definition) is 4. The van der Waals surface area contributed by atoms with Gasteiger partial charge in [0.1, 0.15) is 5.60 Å². The summed E-state index contributed by atoms with van der Waals surface area (Å²) in [7, 11) is 0. The van der Waals surface area contributed by atoms with Gasteiger partial charge < -0.3 is 15.0 Å². The van der Waals surface area contributed by atoms with Gasteiger partial charge in [0.2, 0.25) is 5.91 Å². The van der Waals surface area contributed by atoms with Crippen molar-refractivity contribution in [1.82, 2.24) is 0 Å². The van der Waals surface area contributed by atoms with Gasteiger partial charge in [0.05, 0.1) is 0 Å². The van der Waals surface area contributed by atoms with E-state index in [1.807, 2.05) is 6.07 Å². The molecule has 2 aromatic rings. The molecule has 0 bridgehead atoms. The van der Waals surface area contributed by atoms with E-state index in [4.69, 9.17) is 4.74 Å². The summed E-state index contributed by atoms with van der Waals surface area (Å²) in [6.45, 7) is 6.02. The molecule has 1 saturated heterocycles. The molecule has 0 aromatic heterocycles. The van der Waals surface area contributed by atoms with Crippen molar-refractivity contribution in [3.8, 4) is 0 Å². The number of anilines is 3. The predicted octanol–water partition coefficient (Wildman–Crippen LogP) is 4.41. The van der Waals surface area contributed by atoms with Crippen LogP contribution in [0.3, 0.4) is 0 Å². The number of carbonyl (C=O) groups is 3. The zero-order valence-corrected chi connectivity index (χ0v) is 16.8. The molecule has 0 aliphatic carbocycles. The summed E-state index contributed by atoms with van der Waals surface area (Å²) in [6.07, 6.45) is 0.805. The molecule has 1 fully saturated rings. The van der Waals surface area contributed by atoms with Crippen LogP contribution < -0.4 is 15.5 Å². The van der Waals surface area contributed by atoms with Gasteiger partial charge in [0.25, 0.3) is 5.91 Å². The van der Waals surface area contributed by atoms with Crippen molar-refractivity contribution in [2.75, 3.05) is 22.1 Å². The second-order valence-electron chi connectivity index (χ2n) is 7.86. The van der Waals surface area contributed by atoms with Crippen LogP contribution in [0.25, 0.3) is 0 Å². The van der Waals surface area contributed by atoms with Crippen LogP contribution >= 0.6 is 0 Å². The van der Waals surface area contributed by atoms with Gasteiger partial charge in [-0.3, -0.25) is 14.9 Å². The van der Waals surface area contributed by atoms with E-state index in [9.17, 15) is 14.4 Å². The molecule has 3 amide bonds. The van der Waals surface area contributed by atoms with E-state index >= 15 is 0 Å². The molecule has 0 saturated carbocycles. The summed E-state index contributed by atoms with van der Waals surface area (Å²) in [5, 5.41) is 5.46. The lowest BCUT2D eigenvalue weighted by atomic mass is 10.1. The Hall–Kier alpha value is -3.35. The Labute approximate surface area is 170 Å². The van der Waals surface area contributed by atoms with Crippen LogP contribution in [-0.4, -0.2) is 30.1 Å². The Morgan fingerprint density at radius 2 is 1.69 bits per heavy atom.